The summed E-state index contributed by atoms with van der Waals surface area (Å²) in [5.74, 6) is 6.61. The third-order valence-corrected chi connectivity index (χ3v) is 18.7. The van der Waals surface area contributed by atoms with Gasteiger partial charge in [-0.15, -0.1) is 0 Å². The second-order valence-corrected chi connectivity index (χ2v) is 25.1. The van der Waals surface area contributed by atoms with Crippen molar-refractivity contribution in [3.05, 3.63) is 0 Å². The van der Waals surface area contributed by atoms with E-state index in [0.717, 1.165) is 0 Å². The molecule has 1 aliphatic heterocycles. The Balaban J connectivity index is 3.42. The first-order valence-corrected chi connectivity index (χ1v) is 21.8. The van der Waals surface area contributed by atoms with Crippen molar-refractivity contribution in [2.24, 2.45) is 23.7 Å². The number of methoxy groups -OCH3 is 2. The van der Waals surface area contributed by atoms with Gasteiger partial charge in [-0.2, -0.15) is 0 Å². The molecule has 0 unspecified atom stereocenters. The van der Waals surface area contributed by atoms with Gasteiger partial charge in [0.15, 0.2) is 22.9 Å². The van der Waals surface area contributed by atoms with E-state index in [-0.39, 0.29) is 78.5 Å². The van der Waals surface area contributed by atoms with E-state index in [4.69, 9.17) is 32.5 Å². The van der Waals surface area contributed by atoms with E-state index < -0.39 is 22.7 Å². The molecule has 0 aromatic rings. The van der Waals surface area contributed by atoms with E-state index in [9.17, 15) is 5.11 Å². The van der Waals surface area contributed by atoms with Crippen LogP contribution >= 0.6 is 0 Å². The van der Waals surface area contributed by atoms with Gasteiger partial charge in [0, 0.05) is 50.9 Å². The van der Waals surface area contributed by atoms with E-state index in [1.807, 2.05) is 13.8 Å². The zero-order valence-electron chi connectivity index (χ0n) is 30.3. The maximum Gasteiger partial charge on any atom is 0.195 e. The molecular formula is C33H66O8Si2. The van der Waals surface area contributed by atoms with Gasteiger partial charge in [0.2, 0.25) is 0 Å². The van der Waals surface area contributed by atoms with Crippen molar-refractivity contribution in [3.8, 4) is 11.8 Å². The summed E-state index contributed by atoms with van der Waals surface area (Å²) in [5, 5.41) is 9.90. The van der Waals surface area contributed by atoms with Gasteiger partial charge in [-0.25, -0.2) is 0 Å². The van der Waals surface area contributed by atoms with Crippen LogP contribution in [0.5, 0.6) is 0 Å². The largest absolute Gasteiger partial charge is 0.413 e. The molecule has 1 heterocycles. The minimum absolute atomic E-state index is 0.000843. The molecule has 1 fully saturated rings. The Hall–Kier alpha value is -0.326. The third kappa shape index (κ3) is 11.8. The van der Waals surface area contributed by atoms with Crippen molar-refractivity contribution in [1.82, 2.24) is 0 Å². The lowest BCUT2D eigenvalue weighted by atomic mass is 9.84. The van der Waals surface area contributed by atoms with E-state index >= 15 is 0 Å². The number of rotatable bonds is 15. The first-order valence-electron chi connectivity index (χ1n) is 16.0. The Morgan fingerprint density at radius 2 is 1.30 bits per heavy atom. The first kappa shape index (κ1) is 40.7. The van der Waals surface area contributed by atoms with Crippen LogP contribution < -0.4 is 0 Å². The summed E-state index contributed by atoms with van der Waals surface area (Å²) in [6.07, 6.45) is -0.770. The molecule has 43 heavy (non-hydrogen) atoms. The second kappa shape index (κ2) is 17.0. The fourth-order valence-corrected chi connectivity index (χ4v) is 7.43. The van der Waals surface area contributed by atoms with Gasteiger partial charge in [-0.05, 0) is 43.2 Å². The van der Waals surface area contributed by atoms with Crippen LogP contribution in [0.3, 0.4) is 0 Å². The highest BCUT2D eigenvalue weighted by Crippen LogP contribution is 2.45. The molecule has 254 valence electrons. The van der Waals surface area contributed by atoms with E-state index in [2.05, 4.69) is 93.4 Å². The molecule has 1 N–H and O–H groups in total. The van der Waals surface area contributed by atoms with Crippen LogP contribution in [0.4, 0.5) is 0 Å². The van der Waals surface area contributed by atoms with E-state index in [1.54, 1.807) is 14.2 Å². The molecule has 0 radical (unpaired) electrons. The van der Waals surface area contributed by atoms with Gasteiger partial charge >= 0.3 is 0 Å². The quantitative estimate of drug-likeness (QED) is 0.115. The molecule has 1 saturated heterocycles. The standard InChI is InChI=1S/C33H66O8Si2/c1-23(29(24(2)20-34)38-22-36-12)17-18-27(37-21-35-11)19-28-25(3)30(40-42(13,14)32(5,6)7)26(4)31(39-28)41-43(15,16)33(8,9)10/h23-31,34H,19-22H2,1-16H3/t23-,24-,25-,26+,27+,28-,29-,30-,31-/m0/s1. The summed E-state index contributed by atoms with van der Waals surface area (Å²) < 4.78 is 43.3. The van der Waals surface area contributed by atoms with Gasteiger partial charge in [0.1, 0.15) is 19.7 Å². The van der Waals surface area contributed by atoms with Crippen molar-refractivity contribution in [1.29, 1.82) is 0 Å². The van der Waals surface area contributed by atoms with Crippen LogP contribution in [0.25, 0.3) is 0 Å². The van der Waals surface area contributed by atoms with Crippen molar-refractivity contribution >= 4 is 16.6 Å². The van der Waals surface area contributed by atoms with E-state index in [0.29, 0.717) is 6.42 Å². The Kier molecular flexibility index (Phi) is 16.1. The molecule has 1 aliphatic rings. The van der Waals surface area contributed by atoms with Crippen molar-refractivity contribution < 1.29 is 37.6 Å². The van der Waals surface area contributed by atoms with Crippen LogP contribution in [-0.4, -0.2) is 86.9 Å². The molecule has 0 aromatic heterocycles. The molecule has 0 aromatic carbocycles. The van der Waals surface area contributed by atoms with Crippen LogP contribution in [0, 0.1) is 35.5 Å². The van der Waals surface area contributed by atoms with Crippen LogP contribution in [-0.2, 0) is 32.5 Å². The summed E-state index contributed by atoms with van der Waals surface area (Å²) in [6.45, 7) is 31.4. The molecule has 0 saturated carbocycles. The summed E-state index contributed by atoms with van der Waals surface area (Å²) in [4.78, 5) is 0. The lowest BCUT2D eigenvalue weighted by Gasteiger charge is -2.51. The second-order valence-electron chi connectivity index (χ2n) is 15.6. The molecule has 9 atom stereocenters. The number of aliphatic hydroxyl groups excluding tert-OH is 1. The smallest absolute Gasteiger partial charge is 0.195 e. The number of ether oxygens (including phenoxy) is 5. The molecular weight excluding hydrogens is 581 g/mol. The molecule has 0 aliphatic carbocycles. The summed E-state index contributed by atoms with van der Waals surface area (Å²) >= 11 is 0. The van der Waals surface area contributed by atoms with E-state index in [1.165, 1.54) is 0 Å². The predicted octanol–water partition coefficient (Wildman–Crippen LogP) is 7.03. The lowest BCUT2D eigenvalue weighted by Crippen LogP contribution is -2.58. The lowest BCUT2D eigenvalue weighted by molar-refractivity contribution is -0.237. The molecule has 0 bridgehead atoms. The summed E-state index contributed by atoms with van der Waals surface area (Å²) in [5.41, 5.74) is 0. The summed E-state index contributed by atoms with van der Waals surface area (Å²) in [7, 11) is -1.02. The topological polar surface area (TPSA) is 84.8 Å². The predicted molar refractivity (Wildman–Crippen MR) is 179 cm³/mol. The van der Waals surface area contributed by atoms with Gasteiger partial charge in [0.05, 0.1) is 18.3 Å². The number of aliphatic hydroxyl groups is 1. The van der Waals surface area contributed by atoms with Crippen molar-refractivity contribution in [3.63, 3.8) is 0 Å². The molecule has 8 nitrogen and oxygen atoms in total. The Labute approximate surface area is 266 Å². The zero-order chi connectivity index (χ0) is 33.4. The fourth-order valence-electron chi connectivity index (χ4n) is 4.76. The maximum atomic E-state index is 9.78. The minimum Gasteiger partial charge on any atom is -0.413 e. The summed E-state index contributed by atoms with van der Waals surface area (Å²) in [6, 6.07) is 0. The number of hydrogen-bond donors (Lipinski definition) is 1. The van der Waals surface area contributed by atoms with Crippen molar-refractivity contribution in [2.45, 2.75) is 143 Å². The average Bonchev–Trinajstić information content (AvgIpc) is 2.89. The molecule has 0 amide bonds. The fraction of sp³-hybridized carbons (Fsp3) is 0.939. The molecule has 1 rings (SSSR count). The molecule has 0 spiro atoms. The van der Waals surface area contributed by atoms with Gasteiger partial charge < -0.3 is 37.6 Å². The minimum atomic E-state index is -2.13. The SMILES string of the molecule is COCO[C@@H]([C@@H](C)C#C[C@H](C[C@@H]1O[C@@H](O[Si](C)(C)C(C)(C)C)[C@H](C)[C@@H](O[Si](C)(C)C(C)(C)C)[C@H]1C)OCOC)[C@@H](C)CO. The van der Waals surface area contributed by atoms with Crippen LogP contribution in [0.1, 0.15) is 75.7 Å². The average molecular weight is 647 g/mol. The monoisotopic (exact) mass is 646 g/mol. The normalized spacial score (nSPS) is 26.8. The van der Waals surface area contributed by atoms with Gasteiger partial charge in [-0.1, -0.05) is 74.2 Å². The zero-order valence-corrected chi connectivity index (χ0v) is 32.3. The Morgan fingerprint density at radius 3 is 1.79 bits per heavy atom. The Morgan fingerprint density at radius 1 is 0.791 bits per heavy atom. The highest BCUT2D eigenvalue weighted by Gasteiger charge is 2.50. The molecule has 10 heteroatoms. The van der Waals surface area contributed by atoms with Crippen LogP contribution in [0.15, 0.2) is 0 Å². The van der Waals surface area contributed by atoms with Gasteiger partial charge in [0.25, 0.3) is 0 Å². The third-order valence-electron chi connectivity index (χ3n) is 9.84. The maximum absolute atomic E-state index is 9.78. The number of hydrogen-bond acceptors (Lipinski definition) is 8. The van der Waals surface area contributed by atoms with Crippen molar-refractivity contribution in [2.75, 3.05) is 34.4 Å². The van der Waals surface area contributed by atoms with Gasteiger partial charge in [-0.3, -0.25) is 0 Å². The highest BCUT2D eigenvalue weighted by molar-refractivity contribution is 6.74. The highest BCUT2D eigenvalue weighted by atomic mass is 28.4. The first-order chi connectivity index (χ1) is 19.6. The van der Waals surface area contributed by atoms with Crippen LogP contribution in [0.2, 0.25) is 36.3 Å². The Bertz CT molecular complexity index is 873.